The Morgan fingerprint density at radius 2 is 1.85 bits per heavy atom. The Labute approximate surface area is 126 Å². The summed E-state index contributed by atoms with van der Waals surface area (Å²) in [6.45, 7) is -0.0287. The highest BCUT2D eigenvalue weighted by atomic mass is 35.5. The second-order valence-electron chi connectivity index (χ2n) is 4.03. The number of benzene rings is 2. The molecule has 0 unspecified atom stereocenters. The largest absolute Gasteiger partial charge is 0.242 e. The highest BCUT2D eigenvalue weighted by Crippen LogP contribution is 2.24. The summed E-state index contributed by atoms with van der Waals surface area (Å²) in [5.74, 6) is -0.425. The molecule has 0 bridgehead atoms. The molecule has 0 saturated carbocycles. The van der Waals surface area contributed by atoms with Gasteiger partial charge < -0.3 is 0 Å². The van der Waals surface area contributed by atoms with Crippen LogP contribution in [-0.2, 0) is 16.6 Å². The van der Waals surface area contributed by atoms with E-state index < -0.39 is 15.8 Å². The van der Waals surface area contributed by atoms with Gasteiger partial charge in [-0.05, 0) is 35.9 Å². The molecule has 0 aliphatic carbocycles. The fourth-order valence-corrected chi connectivity index (χ4v) is 3.38. The third-order valence-corrected chi connectivity index (χ3v) is 4.66. The molecule has 0 aromatic heterocycles. The predicted molar refractivity (Wildman–Crippen MR) is 76.9 cm³/mol. The Morgan fingerprint density at radius 1 is 1.10 bits per heavy atom. The van der Waals surface area contributed by atoms with Crippen LogP contribution in [0.15, 0.2) is 47.4 Å². The molecule has 7 heteroatoms. The topological polar surface area (TPSA) is 46.2 Å². The minimum Gasteiger partial charge on any atom is -0.207 e. The van der Waals surface area contributed by atoms with Gasteiger partial charge in [0.1, 0.15) is 10.7 Å². The van der Waals surface area contributed by atoms with Gasteiger partial charge in [-0.2, -0.15) is 0 Å². The fourth-order valence-electron chi connectivity index (χ4n) is 1.60. The van der Waals surface area contributed by atoms with E-state index in [1.165, 1.54) is 36.4 Å². The number of nitrogens with one attached hydrogen (secondary N) is 1. The molecule has 0 aliphatic heterocycles. The Kier molecular flexibility index (Phi) is 4.65. The summed E-state index contributed by atoms with van der Waals surface area (Å²) in [5.41, 5.74) is 0.513. The average Bonchev–Trinajstić information content (AvgIpc) is 2.36. The van der Waals surface area contributed by atoms with Crippen LogP contribution >= 0.6 is 23.2 Å². The van der Waals surface area contributed by atoms with Crippen molar-refractivity contribution in [2.45, 2.75) is 11.4 Å². The van der Waals surface area contributed by atoms with Crippen LogP contribution in [0.5, 0.6) is 0 Å². The van der Waals surface area contributed by atoms with Crippen molar-refractivity contribution < 1.29 is 12.8 Å². The molecule has 20 heavy (non-hydrogen) atoms. The minimum absolute atomic E-state index is 0.0287. The summed E-state index contributed by atoms with van der Waals surface area (Å²) in [5, 5.41) is 0.378. The summed E-state index contributed by atoms with van der Waals surface area (Å²) >= 11 is 11.6. The van der Waals surface area contributed by atoms with Crippen LogP contribution < -0.4 is 4.72 Å². The summed E-state index contributed by atoms with van der Waals surface area (Å²) < 4.78 is 39.5. The van der Waals surface area contributed by atoms with Crippen LogP contribution in [-0.4, -0.2) is 8.42 Å². The average molecular weight is 334 g/mol. The second-order valence-corrected chi connectivity index (χ2v) is 6.61. The fraction of sp³-hybridized carbons (Fsp3) is 0.0769. The van der Waals surface area contributed by atoms with Gasteiger partial charge in [0, 0.05) is 11.6 Å². The van der Waals surface area contributed by atoms with Crippen LogP contribution in [0.4, 0.5) is 4.39 Å². The quantitative estimate of drug-likeness (QED) is 0.928. The van der Waals surface area contributed by atoms with Crippen LogP contribution in [0.3, 0.4) is 0 Å². The van der Waals surface area contributed by atoms with Gasteiger partial charge in [-0.25, -0.2) is 17.5 Å². The summed E-state index contributed by atoms with van der Waals surface area (Å²) in [6.07, 6.45) is 0. The van der Waals surface area contributed by atoms with E-state index in [9.17, 15) is 12.8 Å². The van der Waals surface area contributed by atoms with Crippen molar-refractivity contribution in [2.24, 2.45) is 0 Å². The van der Waals surface area contributed by atoms with Gasteiger partial charge in [-0.15, -0.1) is 0 Å². The van der Waals surface area contributed by atoms with Crippen LogP contribution in [0.25, 0.3) is 0 Å². The van der Waals surface area contributed by atoms with Crippen molar-refractivity contribution in [2.75, 3.05) is 0 Å². The first-order valence-electron chi connectivity index (χ1n) is 5.58. The van der Waals surface area contributed by atoms with Gasteiger partial charge in [-0.3, -0.25) is 0 Å². The van der Waals surface area contributed by atoms with Crippen molar-refractivity contribution >= 4 is 33.2 Å². The summed E-state index contributed by atoms with van der Waals surface area (Å²) in [6, 6.07) is 9.77. The molecule has 0 radical (unpaired) electrons. The zero-order valence-electron chi connectivity index (χ0n) is 10.1. The molecule has 0 heterocycles. The van der Waals surface area contributed by atoms with Gasteiger partial charge >= 0.3 is 0 Å². The maximum atomic E-state index is 13.0. The molecule has 0 amide bonds. The number of hydrogen-bond donors (Lipinski definition) is 1. The van der Waals surface area contributed by atoms with Gasteiger partial charge in [0.05, 0.1) is 5.02 Å². The number of hydrogen-bond acceptors (Lipinski definition) is 2. The molecule has 0 fully saturated rings. The lowest BCUT2D eigenvalue weighted by Gasteiger charge is -2.08. The van der Waals surface area contributed by atoms with E-state index in [1.54, 1.807) is 6.07 Å². The summed E-state index contributed by atoms with van der Waals surface area (Å²) in [4.78, 5) is -0.0695. The van der Waals surface area contributed by atoms with E-state index in [0.717, 1.165) is 0 Å². The number of rotatable bonds is 4. The van der Waals surface area contributed by atoms with Crippen molar-refractivity contribution in [3.8, 4) is 0 Å². The highest BCUT2D eigenvalue weighted by Gasteiger charge is 2.17. The summed E-state index contributed by atoms with van der Waals surface area (Å²) in [7, 11) is -3.78. The smallest absolute Gasteiger partial charge is 0.207 e. The molecular formula is C13H10Cl2FNO2S. The molecule has 2 aromatic carbocycles. The monoisotopic (exact) mass is 333 g/mol. The maximum Gasteiger partial charge on any atom is 0.242 e. The molecule has 0 aliphatic rings. The third-order valence-electron chi connectivity index (χ3n) is 2.54. The zero-order chi connectivity index (χ0) is 14.8. The molecule has 0 spiro atoms. The minimum atomic E-state index is -3.78. The van der Waals surface area contributed by atoms with Crippen molar-refractivity contribution in [3.63, 3.8) is 0 Å². The van der Waals surface area contributed by atoms with Gasteiger partial charge in [0.2, 0.25) is 10.0 Å². The molecule has 0 saturated heterocycles. The van der Waals surface area contributed by atoms with Gasteiger partial charge in [0.25, 0.3) is 0 Å². The molecule has 2 rings (SSSR count). The molecule has 3 nitrogen and oxygen atoms in total. The van der Waals surface area contributed by atoms with Crippen LogP contribution in [0, 0.1) is 5.82 Å². The second kappa shape index (κ2) is 6.10. The molecule has 2 aromatic rings. The third kappa shape index (κ3) is 3.70. The van der Waals surface area contributed by atoms with E-state index in [0.29, 0.717) is 10.6 Å². The van der Waals surface area contributed by atoms with Crippen molar-refractivity contribution in [3.05, 3.63) is 63.9 Å². The molecular weight excluding hydrogens is 324 g/mol. The van der Waals surface area contributed by atoms with Crippen LogP contribution in [0.1, 0.15) is 5.56 Å². The predicted octanol–water partition coefficient (Wildman–Crippen LogP) is 3.61. The van der Waals surface area contributed by atoms with Crippen molar-refractivity contribution in [1.82, 2.24) is 4.72 Å². The Morgan fingerprint density at radius 3 is 2.50 bits per heavy atom. The van der Waals surface area contributed by atoms with Gasteiger partial charge in [-0.1, -0.05) is 35.3 Å². The molecule has 1 N–H and O–H groups in total. The molecule has 106 valence electrons. The van der Waals surface area contributed by atoms with Gasteiger partial charge in [0.15, 0.2) is 0 Å². The number of sulfonamides is 1. The van der Waals surface area contributed by atoms with E-state index in [2.05, 4.69) is 4.72 Å². The van der Waals surface area contributed by atoms with E-state index in [4.69, 9.17) is 23.2 Å². The SMILES string of the molecule is O=S(=O)(NCc1cccc(F)c1)c1ccc(Cl)cc1Cl. The number of halogens is 3. The first kappa shape index (κ1) is 15.3. The Hall–Kier alpha value is -1.14. The maximum absolute atomic E-state index is 13.0. The Bertz CT molecular complexity index is 735. The first-order chi connectivity index (χ1) is 9.38. The normalized spacial score (nSPS) is 11.6. The molecule has 0 atom stereocenters. The zero-order valence-corrected chi connectivity index (χ0v) is 12.4. The Balaban J connectivity index is 2.19. The highest BCUT2D eigenvalue weighted by molar-refractivity contribution is 7.89. The first-order valence-corrected chi connectivity index (χ1v) is 7.81. The standard InChI is InChI=1S/C13H10Cl2FNO2S/c14-10-4-5-13(12(15)7-10)20(18,19)17-8-9-2-1-3-11(16)6-9/h1-7,17H,8H2. The van der Waals surface area contributed by atoms with E-state index >= 15 is 0 Å². The lowest BCUT2D eigenvalue weighted by molar-refractivity contribution is 0.580. The van der Waals surface area contributed by atoms with E-state index in [1.807, 2.05) is 0 Å². The lowest BCUT2D eigenvalue weighted by atomic mass is 10.2. The van der Waals surface area contributed by atoms with Crippen molar-refractivity contribution in [1.29, 1.82) is 0 Å². The lowest BCUT2D eigenvalue weighted by Crippen LogP contribution is -2.23. The van der Waals surface area contributed by atoms with E-state index in [-0.39, 0.29) is 16.5 Å². The van der Waals surface area contributed by atoms with Crippen LogP contribution in [0.2, 0.25) is 10.0 Å².